The second kappa shape index (κ2) is 5.60. The van der Waals surface area contributed by atoms with Crippen molar-refractivity contribution in [3.05, 3.63) is 29.3 Å². The van der Waals surface area contributed by atoms with Crippen LogP contribution in [0.3, 0.4) is 0 Å². The first-order valence-electron chi connectivity index (χ1n) is 7.02. The molecule has 0 amide bonds. The summed E-state index contributed by atoms with van der Waals surface area (Å²) in [5.74, 6) is 0.163. The van der Waals surface area contributed by atoms with E-state index in [0.717, 1.165) is 11.3 Å². The lowest BCUT2D eigenvalue weighted by Gasteiger charge is -2.37. The Hall–Kier alpha value is -1.29. The lowest BCUT2D eigenvalue weighted by molar-refractivity contribution is 0.0696. The van der Waals surface area contributed by atoms with E-state index in [-0.39, 0.29) is 11.0 Å². The molecule has 0 bridgehead atoms. The molecule has 0 atom stereocenters. The Morgan fingerprint density at radius 2 is 1.80 bits per heavy atom. The number of hydrogen-bond donors (Lipinski definition) is 1. The van der Waals surface area contributed by atoms with Gasteiger partial charge in [0.05, 0.1) is 5.56 Å². The summed E-state index contributed by atoms with van der Waals surface area (Å²) in [4.78, 5) is 11.1. The normalized spacial score (nSPS) is 12.6. The van der Waals surface area contributed by atoms with Crippen LogP contribution in [0.4, 0.5) is 0 Å². The number of carbonyl (C=O) groups is 1. The molecule has 1 aromatic rings. The van der Waals surface area contributed by atoms with Crippen molar-refractivity contribution in [2.75, 3.05) is 0 Å². The van der Waals surface area contributed by atoms with Gasteiger partial charge in [0.25, 0.3) is 0 Å². The predicted octanol–water partition coefficient (Wildman–Crippen LogP) is 4.89. The summed E-state index contributed by atoms with van der Waals surface area (Å²) in [5, 5.41) is 9.23. The first kappa shape index (κ1) is 16.8. The Labute approximate surface area is 123 Å². The van der Waals surface area contributed by atoms with E-state index < -0.39 is 14.3 Å². The van der Waals surface area contributed by atoms with E-state index in [4.69, 9.17) is 9.53 Å². The van der Waals surface area contributed by atoms with Crippen LogP contribution >= 0.6 is 0 Å². The highest BCUT2D eigenvalue weighted by atomic mass is 28.4. The Balaban J connectivity index is 3.22. The average molecular weight is 294 g/mol. The van der Waals surface area contributed by atoms with Crippen molar-refractivity contribution in [1.29, 1.82) is 0 Å². The molecule has 0 heterocycles. The van der Waals surface area contributed by atoms with Gasteiger partial charge in [-0.25, -0.2) is 4.79 Å². The lowest BCUT2D eigenvalue weighted by Crippen LogP contribution is -2.44. The Morgan fingerprint density at radius 1 is 1.25 bits per heavy atom. The predicted molar refractivity (Wildman–Crippen MR) is 85.3 cm³/mol. The van der Waals surface area contributed by atoms with E-state index in [0.29, 0.717) is 5.56 Å². The second-order valence-electron chi connectivity index (χ2n) is 7.07. The first-order valence-corrected chi connectivity index (χ1v) is 9.93. The van der Waals surface area contributed by atoms with Crippen LogP contribution in [0.15, 0.2) is 18.2 Å². The maximum Gasteiger partial charge on any atom is 0.335 e. The first-order chi connectivity index (χ1) is 8.95. The summed E-state index contributed by atoms with van der Waals surface area (Å²) < 4.78 is 6.34. The van der Waals surface area contributed by atoms with E-state index in [9.17, 15) is 4.79 Å². The molecule has 0 aliphatic carbocycles. The molecule has 112 valence electrons. The minimum atomic E-state index is -1.91. The maximum absolute atomic E-state index is 11.1. The third-order valence-electron chi connectivity index (χ3n) is 4.05. The third kappa shape index (κ3) is 3.63. The molecule has 3 nitrogen and oxygen atoms in total. The Morgan fingerprint density at radius 3 is 2.20 bits per heavy atom. The summed E-state index contributed by atoms with van der Waals surface area (Å²) in [5.41, 5.74) is 1.28. The topological polar surface area (TPSA) is 46.5 Å². The molecule has 0 aliphatic rings. The monoisotopic (exact) mass is 294 g/mol. The number of carboxylic acid groups (broad SMARTS) is 1. The van der Waals surface area contributed by atoms with Crippen LogP contribution in [0.2, 0.25) is 18.1 Å². The summed E-state index contributed by atoms with van der Waals surface area (Å²) in [6, 6.07) is 5.16. The van der Waals surface area contributed by atoms with Gasteiger partial charge in [0.15, 0.2) is 0 Å². The van der Waals surface area contributed by atoms with E-state index in [2.05, 4.69) is 47.7 Å². The van der Waals surface area contributed by atoms with Crippen molar-refractivity contribution in [1.82, 2.24) is 0 Å². The van der Waals surface area contributed by atoms with E-state index >= 15 is 0 Å². The smallest absolute Gasteiger partial charge is 0.335 e. The van der Waals surface area contributed by atoms with Crippen molar-refractivity contribution in [2.24, 2.45) is 0 Å². The SMILES string of the molecule is CC(C)c1cc(C(=O)O)ccc1O[Si](C)(C)C(C)(C)C. The molecule has 20 heavy (non-hydrogen) atoms. The Kier molecular flexibility index (Phi) is 4.69. The van der Waals surface area contributed by atoms with Gasteiger partial charge in [-0.2, -0.15) is 0 Å². The highest BCUT2D eigenvalue weighted by Crippen LogP contribution is 2.39. The van der Waals surface area contributed by atoms with E-state index in [1.807, 2.05) is 0 Å². The van der Waals surface area contributed by atoms with Crippen molar-refractivity contribution in [3.63, 3.8) is 0 Å². The molecule has 0 saturated carbocycles. The van der Waals surface area contributed by atoms with Crippen molar-refractivity contribution in [2.45, 2.75) is 58.7 Å². The number of aromatic carboxylic acids is 1. The second-order valence-corrected chi connectivity index (χ2v) is 11.8. The van der Waals surface area contributed by atoms with Crippen LogP contribution in [0.25, 0.3) is 0 Å². The summed E-state index contributed by atoms with van der Waals surface area (Å²) in [6.45, 7) is 15.1. The number of carboxylic acids is 1. The Bertz CT molecular complexity index is 499. The minimum absolute atomic E-state index is 0.118. The summed E-state index contributed by atoms with van der Waals surface area (Å²) in [7, 11) is -1.91. The zero-order chi connectivity index (χ0) is 15.7. The molecule has 0 radical (unpaired) electrons. The van der Waals surface area contributed by atoms with Gasteiger partial charge in [-0.15, -0.1) is 0 Å². The number of rotatable bonds is 4. The molecule has 0 aromatic heterocycles. The van der Waals surface area contributed by atoms with Gasteiger partial charge in [0.1, 0.15) is 5.75 Å². The standard InChI is InChI=1S/C16H26O3Si/c1-11(2)13-10-12(15(17)18)8-9-14(13)19-20(6,7)16(3,4)5/h8-11H,1-7H3,(H,17,18). The maximum atomic E-state index is 11.1. The van der Waals surface area contributed by atoms with Gasteiger partial charge in [0, 0.05) is 0 Å². The van der Waals surface area contributed by atoms with Gasteiger partial charge < -0.3 is 9.53 Å². The van der Waals surface area contributed by atoms with Crippen molar-refractivity contribution in [3.8, 4) is 5.75 Å². The molecule has 4 heteroatoms. The summed E-state index contributed by atoms with van der Waals surface area (Å²) >= 11 is 0. The van der Waals surface area contributed by atoms with Gasteiger partial charge in [-0.05, 0) is 47.8 Å². The van der Waals surface area contributed by atoms with E-state index in [1.54, 1.807) is 18.2 Å². The highest BCUT2D eigenvalue weighted by Gasteiger charge is 2.39. The van der Waals surface area contributed by atoms with Crippen LogP contribution in [-0.4, -0.2) is 19.4 Å². The molecular weight excluding hydrogens is 268 g/mol. The van der Waals surface area contributed by atoms with Crippen LogP contribution in [0, 0.1) is 0 Å². The molecule has 1 aromatic carbocycles. The third-order valence-corrected chi connectivity index (χ3v) is 8.39. The number of benzene rings is 1. The van der Waals surface area contributed by atoms with Crippen LogP contribution in [0.1, 0.15) is 56.5 Å². The van der Waals surface area contributed by atoms with Crippen LogP contribution in [-0.2, 0) is 0 Å². The molecule has 0 fully saturated rings. The summed E-state index contributed by atoms with van der Waals surface area (Å²) in [6.07, 6.45) is 0. The van der Waals surface area contributed by atoms with Crippen molar-refractivity contribution >= 4 is 14.3 Å². The molecule has 0 unspecified atom stereocenters. The fourth-order valence-corrected chi connectivity index (χ4v) is 2.70. The van der Waals surface area contributed by atoms with Crippen LogP contribution < -0.4 is 4.43 Å². The molecule has 0 aliphatic heterocycles. The largest absolute Gasteiger partial charge is 0.543 e. The fraction of sp³-hybridized carbons (Fsp3) is 0.562. The zero-order valence-electron chi connectivity index (χ0n) is 13.6. The molecule has 0 spiro atoms. The van der Waals surface area contributed by atoms with E-state index in [1.165, 1.54) is 0 Å². The van der Waals surface area contributed by atoms with Gasteiger partial charge in [0.2, 0.25) is 8.32 Å². The molecular formula is C16H26O3Si. The molecule has 0 saturated heterocycles. The lowest BCUT2D eigenvalue weighted by atomic mass is 10.00. The quantitative estimate of drug-likeness (QED) is 0.804. The van der Waals surface area contributed by atoms with Gasteiger partial charge >= 0.3 is 5.97 Å². The average Bonchev–Trinajstić information content (AvgIpc) is 2.26. The number of hydrogen-bond acceptors (Lipinski definition) is 2. The molecule has 1 N–H and O–H groups in total. The zero-order valence-corrected chi connectivity index (χ0v) is 14.6. The fourth-order valence-electron chi connectivity index (χ4n) is 1.65. The minimum Gasteiger partial charge on any atom is -0.543 e. The highest BCUT2D eigenvalue weighted by molar-refractivity contribution is 6.74. The van der Waals surface area contributed by atoms with Gasteiger partial charge in [-0.3, -0.25) is 0 Å². The van der Waals surface area contributed by atoms with Crippen LogP contribution in [0.5, 0.6) is 5.75 Å². The van der Waals surface area contributed by atoms with Crippen molar-refractivity contribution < 1.29 is 14.3 Å². The van der Waals surface area contributed by atoms with Gasteiger partial charge in [-0.1, -0.05) is 34.6 Å². The molecule has 1 rings (SSSR count).